The fraction of sp³-hybridized carbons (Fsp3) is 0.200. The lowest BCUT2D eigenvalue weighted by molar-refractivity contribution is -0.137. The topological polar surface area (TPSA) is 87.9 Å². The number of esters is 1. The zero-order chi connectivity index (χ0) is 21.0. The molecule has 0 saturated heterocycles. The van der Waals surface area contributed by atoms with E-state index in [1.165, 1.54) is 0 Å². The van der Waals surface area contributed by atoms with Gasteiger partial charge in [-0.25, -0.2) is 14.8 Å². The van der Waals surface area contributed by atoms with Crippen LogP contribution < -0.4 is 5.32 Å². The predicted octanol–water partition coefficient (Wildman–Crippen LogP) is 4.31. The molecule has 1 heterocycles. The van der Waals surface area contributed by atoms with Crippen molar-refractivity contribution in [2.45, 2.75) is 19.6 Å². The minimum Gasteiger partial charge on any atom is -0.461 e. The summed E-state index contributed by atoms with van der Waals surface area (Å²) in [6.07, 6.45) is -4.52. The van der Waals surface area contributed by atoms with E-state index in [0.717, 1.165) is 23.8 Å². The Bertz CT molecular complexity index is 1090. The highest BCUT2D eigenvalue weighted by molar-refractivity contribution is 5.95. The Morgan fingerprint density at radius 3 is 2.48 bits per heavy atom. The Morgan fingerprint density at radius 1 is 1.14 bits per heavy atom. The van der Waals surface area contributed by atoms with Crippen molar-refractivity contribution in [1.82, 2.24) is 9.97 Å². The number of carbonyl (C=O) groups excluding carboxylic acids is 1. The molecular weight excluding hydrogens is 385 g/mol. The highest BCUT2D eigenvalue weighted by Crippen LogP contribution is 2.31. The van der Waals surface area contributed by atoms with Crippen LogP contribution in [0.2, 0.25) is 0 Å². The van der Waals surface area contributed by atoms with Gasteiger partial charge in [0.15, 0.2) is 11.5 Å². The summed E-state index contributed by atoms with van der Waals surface area (Å²) < 4.78 is 44.0. The fourth-order valence-electron chi connectivity index (χ4n) is 2.58. The molecule has 0 amide bonds. The average Bonchev–Trinajstić information content (AvgIpc) is 2.71. The van der Waals surface area contributed by atoms with Crippen LogP contribution in [0, 0.1) is 11.3 Å². The van der Waals surface area contributed by atoms with E-state index in [0.29, 0.717) is 5.56 Å². The number of alkyl halides is 3. The molecule has 0 saturated carbocycles. The molecule has 0 aliphatic carbocycles. The second kappa shape index (κ2) is 8.14. The standard InChI is InChI=1S/C20H15F3N4O2/c1-2-29-19(28)17-18(25-11-13-5-3-12(10-24)4-6-13)27-16-9-14(20(21,22)23)7-8-15(16)26-17/h3-9H,2,11H2,1H3,(H,25,27). The summed E-state index contributed by atoms with van der Waals surface area (Å²) in [6, 6.07) is 11.6. The molecule has 29 heavy (non-hydrogen) atoms. The van der Waals surface area contributed by atoms with Crippen LogP contribution in [0.3, 0.4) is 0 Å². The number of hydrogen-bond donors (Lipinski definition) is 1. The van der Waals surface area contributed by atoms with Gasteiger partial charge in [0.05, 0.1) is 34.8 Å². The lowest BCUT2D eigenvalue weighted by Crippen LogP contribution is -2.14. The number of nitrogens with zero attached hydrogens (tertiary/aromatic N) is 3. The highest BCUT2D eigenvalue weighted by Gasteiger charge is 2.31. The van der Waals surface area contributed by atoms with Crippen LogP contribution >= 0.6 is 0 Å². The van der Waals surface area contributed by atoms with E-state index in [1.807, 2.05) is 6.07 Å². The summed E-state index contributed by atoms with van der Waals surface area (Å²) in [4.78, 5) is 20.6. The maximum Gasteiger partial charge on any atom is 0.416 e. The minimum atomic E-state index is -4.52. The molecule has 9 heteroatoms. The molecule has 3 rings (SSSR count). The number of nitrogens with one attached hydrogen (secondary N) is 1. The number of fused-ring (bicyclic) bond motifs is 1. The molecule has 148 valence electrons. The van der Waals surface area contributed by atoms with E-state index in [-0.39, 0.29) is 35.7 Å². The van der Waals surface area contributed by atoms with E-state index in [9.17, 15) is 18.0 Å². The zero-order valence-corrected chi connectivity index (χ0v) is 15.2. The van der Waals surface area contributed by atoms with E-state index < -0.39 is 17.7 Å². The van der Waals surface area contributed by atoms with Crippen molar-refractivity contribution in [2.24, 2.45) is 0 Å². The summed E-state index contributed by atoms with van der Waals surface area (Å²) >= 11 is 0. The summed E-state index contributed by atoms with van der Waals surface area (Å²) in [6.45, 7) is 1.96. The van der Waals surface area contributed by atoms with Gasteiger partial charge >= 0.3 is 12.1 Å². The number of anilines is 1. The van der Waals surface area contributed by atoms with Gasteiger partial charge in [0.25, 0.3) is 0 Å². The van der Waals surface area contributed by atoms with Crippen LogP contribution in [-0.4, -0.2) is 22.5 Å². The van der Waals surface area contributed by atoms with Crippen molar-refractivity contribution in [2.75, 3.05) is 11.9 Å². The molecule has 0 atom stereocenters. The molecule has 1 aromatic heterocycles. The third kappa shape index (κ3) is 4.60. The van der Waals surface area contributed by atoms with Crippen molar-refractivity contribution in [3.05, 3.63) is 64.8 Å². The summed E-state index contributed by atoms with van der Waals surface area (Å²) in [5.74, 6) is -0.719. The monoisotopic (exact) mass is 400 g/mol. The molecule has 3 aromatic rings. The normalized spacial score (nSPS) is 11.1. The molecule has 6 nitrogen and oxygen atoms in total. The van der Waals surface area contributed by atoms with Crippen molar-refractivity contribution < 1.29 is 22.7 Å². The van der Waals surface area contributed by atoms with Gasteiger partial charge in [-0.15, -0.1) is 0 Å². The fourth-order valence-corrected chi connectivity index (χ4v) is 2.58. The van der Waals surface area contributed by atoms with Crippen molar-refractivity contribution >= 4 is 22.8 Å². The predicted molar refractivity (Wildman–Crippen MR) is 99.0 cm³/mol. The minimum absolute atomic E-state index is 0.00444. The summed E-state index contributed by atoms with van der Waals surface area (Å²) in [5, 5.41) is 11.8. The number of halogens is 3. The van der Waals surface area contributed by atoms with Crippen LogP contribution in [0.4, 0.5) is 19.0 Å². The van der Waals surface area contributed by atoms with Crippen LogP contribution in [0.1, 0.15) is 34.1 Å². The van der Waals surface area contributed by atoms with Gasteiger partial charge in [-0.2, -0.15) is 18.4 Å². The van der Waals surface area contributed by atoms with E-state index >= 15 is 0 Å². The molecule has 0 radical (unpaired) electrons. The third-order valence-electron chi connectivity index (χ3n) is 4.00. The lowest BCUT2D eigenvalue weighted by Gasteiger charge is -2.12. The highest BCUT2D eigenvalue weighted by atomic mass is 19.4. The first-order valence-electron chi connectivity index (χ1n) is 8.61. The number of hydrogen-bond acceptors (Lipinski definition) is 6. The van der Waals surface area contributed by atoms with Gasteiger partial charge < -0.3 is 10.1 Å². The Hall–Kier alpha value is -3.67. The molecule has 1 N–H and O–H groups in total. The first-order chi connectivity index (χ1) is 13.8. The number of carbonyl (C=O) groups is 1. The first-order valence-corrected chi connectivity index (χ1v) is 8.61. The van der Waals surface area contributed by atoms with E-state index in [2.05, 4.69) is 15.3 Å². The third-order valence-corrected chi connectivity index (χ3v) is 4.00. The van der Waals surface area contributed by atoms with Crippen molar-refractivity contribution in [3.63, 3.8) is 0 Å². The molecule has 0 unspecified atom stereocenters. The second-order valence-corrected chi connectivity index (χ2v) is 6.00. The van der Waals surface area contributed by atoms with Gasteiger partial charge in [0.2, 0.25) is 0 Å². The number of rotatable bonds is 5. The van der Waals surface area contributed by atoms with Gasteiger partial charge in [-0.1, -0.05) is 12.1 Å². The number of nitriles is 1. The van der Waals surface area contributed by atoms with Gasteiger partial charge in [-0.3, -0.25) is 0 Å². The number of benzene rings is 2. The van der Waals surface area contributed by atoms with Crippen molar-refractivity contribution in [1.29, 1.82) is 5.26 Å². The first kappa shape index (κ1) is 20.1. The van der Waals surface area contributed by atoms with E-state index in [4.69, 9.17) is 10.00 Å². The molecule has 0 fully saturated rings. The summed E-state index contributed by atoms with van der Waals surface area (Å²) in [7, 11) is 0. The van der Waals surface area contributed by atoms with Crippen molar-refractivity contribution in [3.8, 4) is 6.07 Å². The van der Waals surface area contributed by atoms with E-state index in [1.54, 1.807) is 31.2 Å². The Morgan fingerprint density at radius 2 is 1.86 bits per heavy atom. The Labute approximate surface area is 164 Å². The molecule has 0 spiro atoms. The van der Waals surface area contributed by atoms with Gasteiger partial charge in [0, 0.05) is 6.54 Å². The quantitative estimate of drug-likeness (QED) is 0.642. The maximum absolute atomic E-state index is 13.0. The number of ether oxygens (including phenoxy) is 1. The van der Waals surface area contributed by atoms with Crippen LogP contribution in [-0.2, 0) is 17.5 Å². The van der Waals surface area contributed by atoms with Gasteiger partial charge in [0.1, 0.15) is 0 Å². The van der Waals surface area contributed by atoms with Gasteiger partial charge in [-0.05, 0) is 42.8 Å². The molecule has 0 aliphatic heterocycles. The molecule has 2 aromatic carbocycles. The second-order valence-electron chi connectivity index (χ2n) is 6.00. The van der Waals surface area contributed by atoms with Crippen LogP contribution in [0.5, 0.6) is 0 Å². The molecular formula is C20H15F3N4O2. The molecule has 0 aliphatic rings. The van der Waals surface area contributed by atoms with Crippen LogP contribution in [0.15, 0.2) is 42.5 Å². The zero-order valence-electron chi connectivity index (χ0n) is 15.2. The van der Waals surface area contributed by atoms with Crippen LogP contribution in [0.25, 0.3) is 11.0 Å². The Balaban J connectivity index is 1.99. The average molecular weight is 400 g/mol. The Kier molecular flexibility index (Phi) is 5.64. The SMILES string of the molecule is CCOC(=O)c1nc2ccc(C(F)(F)F)cc2nc1NCc1ccc(C#N)cc1. The number of aromatic nitrogens is 2. The molecule has 0 bridgehead atoms. The maximum atomic E-state index is 13.0. The lowest BCUT2D eigenvalue weighted by atomic mass is 10.1. The largest absolute Gasteiger partial charge is 0.461 e. The summed E-state index contributed by atoms with van der Waals surface area (Å²) in [5.41, 5.74) is 0.435. The smallest absolute Gasteiger partial charge is 0.416 e.